The van der Waals surface area contributed by atoms with Gasteiger partial charge in [-0.2, -0.15) is 0 Å². The molecule has 2 aliphatic carbocycles. The van der Waals surface area contributed by atoms with Crippen LogP contribution in [-0.4, -0.2) is 85.8 Å². The van der Waals surface area contributed by atoms with Crippen LogP contribution in [0.15, 0.2) is 48.5 Å². The molecule has 0 radical (unpaired) electrons. The number of nitrogens with one attached hydrogen (secondary N) is 1. The van der Waals surface area contributed by atoms with Crippen molar-refractivity contribution in [3.63, 3.8) is 0 Å². The summed E-state index contributed by atoms with van der Waals surface area (Å²) in [5, 5.41) is 68.3. The minimum Gasteiger partial charge on any atom is -0.494 e. The summed E-state index contributed by atoms with van der Waals surface area (Å²) in [5.74, 6) is -2.23. The van der Waals surface area contributed by atoms with Crippen LogP contribution in [0.2, 0.25) is 0 Å². The first kappa shape index (κ1) is 23.6. The van der Waals surface area contributed by atoms with E-state index in [9.17, 15) is 35.4 Å². The van der Waals surface area contributed by atoms with E-state index in [4.69, 9.17) is 4.74 Å². The van der Waals surface area contributed by atoms with Crippen LogP contribution in [-0.2, 0) is 0 Å². The van der Waals surface area contributed by atoms with Gasteiger partial charge in [-0.1, -0.05) is 24.3 Å². The summed E-state index contributed by atoms with van der Waals surface area (Å²) in [6.07, 6.45) is -3.30. The Morgan fingerprint density at radius 2 is 1.64 bits per heavy atom. The standard InChI is InChI=1S/C24H29NO8/c1-3-33-16-10-8-14(9-11-16)19-22(30,17(27)12-26)24(32)18(20(28)23(19,24)31)13-4-6-15(7-5-13)21(29)25-2/h4-11,17-20,26-28,30-32H,3,12H2,1-2H3,(H,25,29)/t17-,18?,19?,20?,22+,23+,24+/m1/s1. The first-order chi connectivity index (χ1) is 15.6. The molecule has 7 N–H and O–H groups in total. The van der Waals surface area contributed by atoms with E-state index in [1.54, 1.807) is 24.3 Å². The molecule has 3 unspecified atom stereocenters. The van der Waals surface area contributed by atoms with Crippen LogP contribution in [0.3, 0.4) is 0 Å². The van der Waals surface area contributed by atoms with Gasteiger partial charge < -0.3 is 40.7 Å². The number of carbonyl (C=O) groups is 1. The van der Waals surface area contributed by atoms with Crippen molar-refractivity contribution in [1.82, 2.24) is 5.32 Å². The highest BCUT2D eigenvalue weighted by Gasteiger charge is 2.93. The van der Waals surface area contributed by atoms with Gasteiger partial charge in [-0.05, 0) is 42.3 Å². The first-order valence-electron chi connectivity index (χ1n) is 10.8. The monoisotopic (exact) mass is 459 g/mol. The molecule has 33 heavy (non-hydrogen) atoms. The third-order valence-electron chi connectivity index (χ3n) is 7.28. The Labute approximate surface area is 190 Å². The summed E-state index contributed by atoms with van der Waals surface area (Å²) in [6.45, 7) is 1.39. The van der Waals surface area contributed by atoms with Gasteiger partial charge in [0.1, 0.15) is 28.7 Å². The molecule has 2 saturated carbocycles. The van der Waals surface area contributed by atoms with E-state index in [-0.39, 0.29) is 5.91 Å². The van der Waals surface area contributed by atoms with Crippen molar-refractivity contribution in [2.45, 2.75) is 47.8 Å². The quantitative estimate of drug-likeness (QED) is 0.285. The van der Waals surface area contributed by atoms with Crippen molar-refractivity contribution < 1.29 is 40.2 Å². The zero-order chi connectivity index (χ0) is 24.2. The van der Waals surface area contributed by atoms with E-state index in [1.807, 2.05) is 6.92 Å². The maximum Gasteiger partial charge on any atom is 0.251 e. The van der Waals surface area contributed by atoms with Crippen LogP contribution in [0.25, 0.3) is 0 Å². The summed E-state index contributed by atoms with van der Waals surface area (Å²) in [5.41, 5.74) is -5.85. The maximum absolute atomic E-state index is 11.8. The lowest BCUT2D eigenvalue weighted by Gasteiger charge is -2.80. The second-order valence-electron chi connectivity index (χ2n) is 8.67. The van der Waals surface area contributed by atoms with Crippen LogP contribution in [0, 0.1) is 0 Å². The third kappa shape index (κ3) is 2.84. The Morgan fingerprint density at radius 1 is 1.06 bits per heavy atom. The lowest BCUT2D eigenvalue weighted by atomic mass is 9.30. The van der Waals surface area contributed by atoms with Crippen molar-refractivity contribution >= 4 is 5.91 Å². The summed E-state index contributed by atoms with van der Waals surface area (Å²) < 4.78 is 5.41. The fourth-order valence-corrected chi connectivity index (χ4v) is 5.73. The normalized spacial score (nSPS) is 35.6. The highest BCUT2D eigenvalue weighted by atomic mass is 16.5. The molecule has 7 atom stereocenters. The number of aliphatic hydroxyl groups excluding tert-OH is 3. The van der Waals surface area contributed by atoms with E-state index in [0.29, 0.717) is 29.0 Å². The van der Waals surface area contributed by atoms with Gasteiger partial charge in [0.15, 0.2) is 0 Å². The summed E-state index contributed by atoms with van der Waals surface area (Å²) >= 11 is 0. The molecule has 4 rings (SSSR count). The van der Waals surface area contributed by atoms with Crippen molar-refractivity contribution in [3.05, 3.63) is 65.2 Å². The first-order valence-corrected chi connectivity index (χ1v) is 10.8. The van der Waals surface area contributed by atoms with E-state index < -0.39 is 47.5 Å². The lowest BCUT2D eigenvalue weighted by Crippen LogP contribution is -2.99. The second kappa shape index (κ2) is 8.05. The van der Waals surface area contributed by atoms with Crippen molar-refractivity contribution in [2.24, 2.45) is 0 Å². The van der Waals surface area contributed by atoms with Gasteiger partial charge in [-0.25, -0.2) is 0 Å². The fraction of sp³-hybridized carbons (Fsp3) is 0.458. The average Bonchev–Trinajstić information content (AvgIpc) is 2.84. The Kier molecular flexibility index (Phi) is 5.76. The van der Waals surface area contributed by atoms with E-state index in [1.165, 1.54) is 31.3 Å². The minimum absolute atomic E-state index is 0.322. The molecule has 2 aromatic rings. The number of hydrogen-bond donors (Lipinski definition) is 7. The number of fused-ring (bicyclic) bond motifs is 1. The molecule has 9 nitrogen and oxygen atoms in total. The molecule has 2 aromatic carbocycles. The predicted octanol–water partition coefficient (Wildman–Crippen LogP) is -0.753. The number of hydrogen-bond acceptors (Lipinski definition) is 8. The molecule has 9 heteroatoms. The van der Waals surface area contributed by atoms with Gasteiger partial charge in [-0.15, -0.1) is 0 Å². The lowest BCUT2D eigenvalue weighted by molar-refractivity contribution is -0.459. The molecule has 0 bridgehead atoms. The molecule has 2 fully saturated rings. The number of ether oxygens (including phenoxy) is 1. The molecule has 2 aliphatic rings. The van der Waals surface area contributed by atoms with E-state index in [0.717, 1.165) is 0 Å². The maximum atomic E-state index is 11.8. The molecular formula is C24H29NO8. The molecule has 0 saturated heterocycles. The van der Waals surface area contributed by atoms with E-state index in [2.05, 4.69) is 5.32 Å². The molecule has 178 valence electrons. The third-order valence-corrected chi connectivity index (χ3v) is 7.28. The largest absolute Gasteiger partial charge is 0.494 e. The number of benzene rings is 2. The smallest absolute Gasteiger partial charge is 0.251 e. The van der Waals surface area contributed by atoms with Gasteiger partial charge >= 0.3 is 0 Å². The van der Waals surface area contributed by atoms with Crippen LogP contribution in [0.5, 0.6) is 5.75 Å². The Morgan fingerprint density at radius 3 is 2.15 bits per heavy atom. The summed E-state index contributed by atoms with van der Waals surface area (Å²) in [6, 6.07) is 12.4. The number of rotatable bonds is 7. The number of amides is 1. The molecule has 0 aliphatic heterocycles. The van der Waals surface area contributed by atoms with Gasteiger partial charge in [0.05, 0.1) is 25.2 Å². The van der Waals surface area contributed by atoms with Crippen molar-refractivity contribution in [1.29, 1.82) is 0 Å². The van der Waals surface area contributed by atoms with Gasteiger partial charge in [-0.3, -0.25) is 4.79 Å². The topological polar surface area (TPSA) is 160 Å². The summed E-state index contributed by atoms with van der Waals surface area (Å²) in [7, 11) is 1.49. The SMILES string of the molecule is CCOc1ccc(C2[C@]3(O)C(O)C(c4ccc(C(=O)NC)cc4)[C@]3(O)[C@]2(O)[C@H](O)CO)cc1. The molecule has 0 heterocycles. The van der Waals surface area contributed by atoms with Crippen LogP contribution in [0.1, 0.15) is 40.2 Å². The van der Waals surface area contributed by atoms with Gasteiger partial charge in [0, 0.05) is 18.5 Å². The summed E-state index contributed by atoms with van der Waals surface area (Å²) in [4.78, 5) is 11.8. The molecule has 1 amide bonds. The van der Waals surface area contributed by atoms with Gasteiger partial charge in [0.2, 0.25) is 0 Å². The minimum atomic E-state index is -2.37. The van der Waals surface area contributed by atoms with Crippen molar-refractivity contribution in [2.75, 3.05) is 20.3 Å². The van der Waals surface area contributed by atoms with Crippen LogP contribution in [0.4, 0.5) is 0 Å². The zero-order valence-electron chi connectivity index (χ0n) is 18.3. The van der Waals surface area contributed by atoms with Crippen LogP contribution < -0.4 is 10.1 Å². The highest BCUT2D eigenvalue weighted by Crippen LogP contribution is 2.75. The molecular weight excluding hydrogens is 430 g/mol. The molecule has 0 aromatic heterocycles. The van der Waals surface area contributed by atoms with E-state index >= 15 is 0 Å². The van der Waals surface area contributed by atoms with Gasteiger partial charge in [0.25, 0.3) is 5.91 Å². The van der Waals surface area contributed by atoms with Crippen molar-refractivity contribution in [3.8, 4) is 5.75 Å². The zero-order valence-corrected chi connectivity index (χ0v) is 18.3. The predicted molar refractivity (Wildman–Crippen MR) is 117 cm³/mol. The highest BCUT2D eigenvalue weighted by molar-refractivity contribution is 5.94. The number of carbonyl (C=O) groups excluding carboxylic acids is 1. The Bertz CT molecular complexity index is 1030. The Hall–Kier alpha value is -2.53. The number of aliphatic hydroxyl groups is 6. The van der Waals surface area contributed by atoms with Crippen LogP contribution >= 0.6 is 0 Å². The second-order valence-corrected chi connectivity index (χ2v) is 8.67. The fourth-order valence-electron chi connectivity index (χ4n) is 5.73. The average molecular weight is 459 g/mol. The molecule has 0 spiro atoms. The Balaban J connectivity index is 1.75.